The lowest BCUT2D eigenvalue weighted by Crippen LogP contribution is -2.71. The van der Waals surface area contributed by atoms with Gasteiger partial charge in [0.25, 0.3) is 0 Å². The van der Waals surface area contributed by atoms with E-state index in [-0.39, 0.29) is 36.4 Å². The Morgan fingerprint density at radius 3 is 2.58 bits per heavy atom. The third kappa shape index (κ3) is 6.00. The van der Waals surface area contributed by atoms with Crippen LogP contribution in [0.5, 0.6) is 5.75 Å². The fourth-order valence-corrected chi connectivity index (χ4v) is 8.24. The van der Waals surface area contributed by atoms with E-state index in [0.29, 0.717) is 38.0 Å². The van der Waals surface area contributed by atoms with E-state index in [1.54, 1.807) is 37.7 Å². The zero-order valence-electron chi connectivity index (χ0n) is 26.7. The summed E-state index contributed by atoms with van der Waals surface area (Å²) in [6.45, 7) is 9.20. The van der Waals surface area contributed by atoms with Gasteiger partial charge in [0.15, 0.2) is 0 Å². The first-order valence-electron chi connectivity index (χ1n) is 15.3. The standard InChI is InChI=1S/C33H43NO11/c1-19(35)41-17-32(4)24-15-26(42-18-40-13-12-39-6)33(5)29(31(24,3)10-9-25(32)43-20(2)36)28(37)27-23(45-33)14-22(44-30(27)38)21-8-7-11-34-16-21/h7-8,11,14,16,24-26,28-29,37H,9-10,12-13,15,17-18H2,1-6H3/t24?,25-,26-,28-,29?,31-,32-,33+/m0/s1. The summed E-state index contributed by atoms with van der Waals surface area (Å²) in [7, 11) is 1.58. The van der Waals surface area contributed by atoms with E-state index < -0.39 is 58.2 Å². The molecule has 2 aliphatic carbocycles. The van der Waals surface area contributed by atoms with Crippen molar-refractivity contribution in [2.24, 2.45) is 22.7 Å². The first-order valence-corrected chi connectivity index (χ1v) is 15.3. The van der Waals surface area contributed by atoms with Gasteiger partial charge in [0.05, 0.1) is 19.3 Å². The summed E-state index contributed by atoms with van der Waals surface area (Å²) in [6, 6.07) is 5.11. The van der Waals surface area contributed by atoms with Crippen molar-refractivity contribution in [1.29, 1.82) is 0 Å². The molecule has 0 amide bonds. The number of carbonyl (C=O) groups is 2. The monoisotopic (exact) mass is 629 g/mol. The number of carbonyl (C=O) groups excluding carboxylic acids is 2. The zero-order valence-corrected chi connectivity index (χ0v) is 26.7. The van der Waals surface area contributed by atoms with E-state index in [4.69, 9.17) is 32.8 Å². The lowest BCUT2D eigenvalue weighted by atomic mass is 9.42. The normalized spacial score (nSPS) is 33.6. The topological polar surface area (TPSA) is 153 Å². The Balaban J connectivity index is 1.61. The fourth-order valence-electron chi connectivity index (χ4n) is 8.24. The van der Waals surface area contributed by atoms with Crippen LogP contribution in [0.25, 0.3) is 11.3 Å². The fraction of sp³-hybridized carbons (Fsp3) is 0.636. The molecular formula is C33H43NO11. The van der Waals surface area contributed by atoms with Crippen LogP contribution in [-0.4, -0.2) is 73.6 Å². The first kappa shape index (κ1) is 33.1. The van der Waals surface area contributed by atoms with Crippen LogP contribution in [0.2, 0.25) is 0 Å². The largest absolute Gasteiger partial charge is 0.484 e. The molecule has 2 aromatic heterocycles. The van der Waals surface area contributed by atoms with Gasteiger partial charge < -0.3 is 37.9 Å². The highest BCUT2D eigenvalue weighted by molar-refractivity contribution is 5.67. The predicted molar refractivity (Wildman–Crippen MR) is 159 cm³/mol. The van der Waals surface area contributed by atoms with Crippen molar-refractivity contribution in [2.75, 3.05) is 33.7 Å². The minimum absolute atomic E-state index is 0.00875. The summed E-state index contributed by atoms with van der Waals surface area (Å²) in [5, 5.41) is 12.2. The molecule has 1 N–H and O–H groups in total. The molecule has 0 radical (unpaired) electrons. The van der Waals surface area contributed by atoms with Crippen LogP contribution in [0.3, 0.4) is 0 Å². The van der Waals surface area contributed by atoms with Crippen LogP contribution in [0.15, 0.2) is 39.8 Å². The van der Waals surface area contributed by atoms with E-state index >= 15 is 0 Å². The van der Waals surface area contributed by atoms with Gasteiger partial charge in [-0.15, -0.1) is 0 Å². The van der Waals surface area contributed by atoms with Gasteiger partial charge in [0.1, 0.15) is 48.3 Å². The molecule has 12 nitrogen and oxygen atoms in total. The van der Waals surface area contributed by atoms with Gasteiger partial charge in [-0.1, -0.05) is 13.8 Å². The minimum Gasteiger partial charge on any atom is -0.484 e. The maximum absolute atomic E-state index is 13.5. The minimum atomic E-state index is -1.28. The second kappa shape index (κ2) is 12.8. The second-order valence-corrected chi connectivity index (χ2v) is 13.0. The number of nitrogens with zero attached hydrogens (tertiary/aromatic N) is 1. The van der Waals surface area contributed by atoms with Gasteiger partial charge in [0, 0.05) is 56.3 Å². The molecule has 2 unspecified atom stereocenters. The molecule has 3 aliphatic rings. The number of hydrogen-bond donors (Lipinski definition) is 1. The number of aliphatic hydroxyl groups excluding tert-OH is 1. The van der Waals surface area contributed by atoms with Crippen molar-refractivity contribution in [3.63, 3.8) is 0 Å². The summed E-state index contributed by atoms with van der Waals surface area (Å²) < 4.78 is 41.1. The Bertz CT molecular complexity index is 1450. The molecule has 0 spiro atoms. The van der Waals surface area contributed by atoms with Gasteiger partial charge in [0.2, 0.25) is 0 Å². The quantitative estimate of drug-likeness (QED) is 0.231. The van der Waals surface area contributed by atoms with E-state index in [9.17, 15) is 19.5 Å². The Kier molecular flexibility index (Phi) is 9.42. The van der Waals surface area contributed by atoms with Crippen molar-refractivity contribution < 1.29 is 47.5 Å². The highest BCUT2D eigenvalue weighted by Gasteiger charge is 2.70. The number of esters is 2. The van der Waals surface area contributed by atoms with Gasteiger partial charge in [-0.25, -0.2) is 4.79 Å². The summed E-state index contributed by atoms with van der Waals surface area (Å²) in [6.07, 6.45) is 2.11. The zero-order chi connectivity index (χ0) is 32.6. The van der Waals surface area contributed by atoms with E-state index in [2.05, 4.69) is 11.9 Å². The number of methoxy groups -OCH3 is 1. The number of aromatic nitrogens is 1. The number of pyridine rings is 1. The summed E-state index contributed by atoms with van der Waals surface area (Å²) in [5.74, 6) is -1.38. The van der Waals surface area contributed by atoms with Gasteiger partial charge >= 0.3 is 17.6 Å². The molecule has 246 valence electrons. The molecule has 2 aromatic rings. The SMILES string of the molecule is COCCOCO[C@H]1CC2[C@](C)(CC[C@H](OC(C)=O)[C@@]2(C)COC(C)=O)C2[C@@H](O)c3c(cc(-c4cccnc4)oc3=O)O[C@@]21C. The third-order valence-electron chi connectivity index (χ3n) is 10.2. The first-order chi connectivity index (χ1) is 21.3. The molecule has 3 heterocycles. The van der Waals surface area contributed by atoms with Crippen LogP contribution >= 0.6 is 0 Å². The Hall–Kier alpha value is -3.32. The molecule has 12 heteroatoms. The summed E-state index contributed by atoms with van der Waals surface area (Å²) in [4.78, 5) is 41.9. The Morgan fingerprint density at radius 1 is 1.13 bits per heavy atom. The summed E-state index contributed by atoms with van der Waals surface area (Å²) >= 11 is 0. The summed E-state index contributed by atoms with van der Waals surface area (Å²) in [5.41, 5.74) is -2.74. The second-order valence-electron chi connectivity index (χ2n) is 13.0. The molecule has 0 aromatic carbocycles. The van der Waals surface area contributed by atoms with Crippen LogP contribution in [-0.2, 0) is 33.3 Å². The molecule has 2 fully saturated rings. The molecule has 0 bridgehead atoms. The van der Waals surface area contributed by atoms with E-state index in [1.807, 2.05) is 13.8 Å². The average molecular weight is 630 g/mol. The predicted octanol–water partition coefficient (Wildman–Crippen LogP) is 3.83. The van der Waals surface area contributed by atoms with Crippen molar-refractivity contribution in [2.45, 2.75) is 77.8 Å². The highest BCUT2D eigenvalue weighted by Crippen LogP contribution is 2.67. The van der Waals surface area contributed by atoms with Gasteiger partial charge in [-0.2, -0.15) is 0 Å². The van der Waals surface area contributed by atoms with E-state index in [0.717, 1.165) is 0 Å². The van der Waals surface area contributed by atoms with Crippen LogP contribution < -0.4 is 10.4 Å². The Morgan fingerprint density at radius 2 is 1.91 bits per heavy atom. The van der Waals surface area contributed by atoms with E-state index in [1.165, 1.54) is 13.8 Å². The van der Waals surface area contributed by atoms with Gasteiger partial charge in [-0.05, 0) is 49.7 Å². The maximum Gasteiger partial charge on any atom is 0.345 e. The third-order valence-corrected chi connectivity index (χ3v) is 10.2. The number of aliphatic hydroxyl groups is 1. The van der Waals surface area contributed by atoms with Crippen LogP contribution in [0.1, 0.15) is 65.5 Å². The number of hydrogen-bond acceptors (Lipinski definition) is 12. The number of rotatable bonds is 10. The van der Waals surface area contributed by atoms with Crippen LogP contribution in [0.4, 0.5) is 0 Å². The number of ether oxygens (including phenoxy) is 6. The average Bonchev–Trinajstić information content (AvgIpc) is 2.98. The molecule has 5 rings (SSSR count). The Labute approximate surface area is 262 Å². The lowest BCUT2D eigenvalue weighted by Gasteiger charge is -2.66. The molecule has 2 saturated carbocycles. The van der Waals surface area contributed by atoms with Crippen molar-refractivity contribution in [3.8, 4) is 17.1 Å². The van der Waals surface area contributed by atoms with Crippen molar-refractivity contribution in [1.82, 2.24) is 4.98 Å². The van der Waals surface area contributed by atoms with Gasteiger partial charge in [-0.3, -0.25) is 14.6 Å². The molecule has 0 saturated heterocycles. The smallest absolute Gasteiger partial charge is 0.345 e. The molecule has 8 atom stereocenters. The number of fused-ring (bicyclic) bond motifs is 4. The molecule has 1 aliphatic heterocycles. The molecule has 45 heavy (non-hydrogen) atoms. The lowest BCUT2D eigenvalue weighted by molar-refractivity contribution is -0.284. The molecular weight excluding hydrogens is 586 g/mol. The van der Waals surface area contributed by atoms with Crippen molar-refractivity contribution >= 4 is 11.9 Å². The van der Waals surface area contributed by atoms with Crippen molar-refractivity contribution in [3.05, 3.63) is 46.6 Å². The maximum atomic E-state index is 13.5. The van der Waals surface area contributed by atoms with Crippen LogP contribution in [0, 0.1) is 22.7 Å². The highest BCUT2D eigenvalue weighted by atomic mass is 16.7.